The minimum Gasteiger partial charge on any atom is -0.268 e. The van der Waals surface area contributed by atoms with E-state index >= 15 is 0 Å². The van der Waals surface area contributed by atoms with Crippen LogP contribution in [-0.4, -0.2) is 9.78 Å². The van der Waals surface area contributed by atoms with Crippen LogP contribution in [0.3, 0.4) is 0 Å². The number of benzene rings is 1. The van der Waals surface area contributed by atoms with E-state index in [1.807, 2.05) is 17.9 Å². The van der Waals surface area contributed by atoms with Gasteiger partial charge in [0.05, 0.1) is 11.7 Å². The zero-order valence-corrected chi connectivity index (χ0v) is 8.99. The first kappa shape index (κ1) is 11.8. The minimum absolute atomic E-state index is 0. The Balaban J connectivity index is 0.00000112. The molecule has 0 aliphatic carbocycles. The molecule has 0 saturated carbocycles. The molecule has 2 heteroatoms. The number of hydrogen-bond acceptors (Lipinski definition) is 1. The summed E-state index contributed by atoms with van der Waals surface area (Å²) in [6.45, 7) is 4.49. The summed E-state index contributed by atoms with van der Waals surface area (Å²) in [6, 6.07) is 6.43. The van der Waals surface area contributed by atoms with Crippen molar-refractivity contribution in [2.75, 3.05) is 0 Å². The van der Waals surface area contributed by atoms with Gasteiger partial charge < -0.3 is 0 Å². The third-order valence-corrected chi connectivity index (χ3v) is 2.47. The van der Waals surface area contributed by atoms with Gasteiger partial charge in [-0.2, -0.15) is 5.10 Å². The number of aryl methyl sites for hydroxylation is 1. The highest BCUT2D eigenvalue weighted by molar-refractivity contribution is 5.81. The fourth-order valence-electron chi connectivity index (χ4n) is 1.92. The first-order valence-corrected chi connectivity index (χ1v) is 5.08. The Kier molecular flexibility index (Phi) is 3.51. The van der Waals surface area contributed by atoms with Gasteiger partial charge in [0, 0.05) is 12.4 Å². The second-order valence-electron chi connectivity index (χ2n) is 4.22. The topological polar surface area (TPSA) is 17.8 Å². The Labute approximate surface area is 91.9 Å². The predicted molar refractivity (Wildman–Crippen MR) is 66.0 cm³/mol. The molecule has 1 heterocycles. The molecule has 2 nitrogen and oxygen atoms in total. The number of hydrogen-bond donors (Lipinski definition) is 0. The van der Waals surface area contributed by atoms with Crippen molar-refractivity contribution in [3.63, 3.8) is 0 Å². The number of rotatable bonds is 2. The molecular weight excluding hydrogens is 184 g/mol. The highest BCUT2D eigenvalue weighted by Gasteiger charge is 2.06. The van der Waals surface area contributed by atoms with Crippen LogP contribution in [0.1, 0.15) is 26.8 Å². The predicted octanol–water partition coefficient (Wildman–Crippen LogP) is 3.41. The monoisotopic (exact) mass is 204 g/mol. The summed E-state index contributed by atoms with van der Waals surface area (Å²) in [5.74, 6) is 0.690. The molecule has 2 aromatic rings. The Hall–Kier alpha value is -1.31. The largest absolute Gasteiger partial charge is 0.268 e. The second kappa shape index (κ2) is 4.47. The summed E-state index contributed by atoms with van der Waals surface area (Å²) in [5.41, 5.74) is 2.68. The van der Waals surface area contributed by atoms with Crippen LogP contribution in [0.5, 0.6) is 0 Å². The lowest BCUT2D eigenvalue weighted by molar-refractivity contribution is 0.646. The highest BCUT2D eigenvalue weighted by atomic mass is 15.2. The summed E-state index contributed by atoms with van der Waals surface area (Å²) in [4.78, 5) is 0. The summed E-state index contributed by atoms with van der Waals surface area (Å²) in [6.07, 6.45) is 3.05. The lowest BCUT2D eigenvalue weighted by atomic mass is 10.0. The quantitative estimate of drug-likeness (QED) is 0.733. The van der Waals surface area contributed by atoms with Gasteiger partial charge in [-0.25, -0.2) is 0 Å². The molecule has 0 bridgehead atoms. The van der Waals surface area contributed by atoms with Gasteiger partial charge in [0.25, 0.3) is 0 Å². The van der Waals surface area contributed by atoms with Crippen LogP contribution in [0, 0.1) is 5.92 Å². The average Bonchev–Trinajstić information content (AvgIpc) is 2.48. The molecule has 0 spiro atoms. The molecular formula is C13H20N2. The van der Waals surface area contributed by atoms with Crippen LogP contribution < -0.4 is 0 Å². The molecule has 2 rings (SSSR count). The van der Waals surface area contributed by atoms with Crippen molar-refractivity contribution >= 4 is 10.9 Å². The Morgan fingerprint density at radius 1 is 1.33 bits per heavy atom. The zero-order valence-electron chi connectivity index (χ0n) is 8.99. The molecule has 0 unspecified atom stereocenters. The minimum atomic E-state index is 0. The van der Waals surface area contributed by atoms with E-state index in [0.29, 0.717) is 5.92 Å². The van der Waals surface area contributed by atoms with E-state index in [1.54, 1.807) is 0 Å². The third-order valence-electron chi connectivity index (χ3n) is 2.47. The normalized spacial score (nSPS) is 10.7. The molecule has 0 saturated heterocycles. The maximum Gasteiger partial charge on any atom is 0.0711 e. The fourth-order valence-corrected chi connectivity index (χ4v) is 1.92. The molecule has 0 aliphatic rings. The van der Waals surface area contributed by atoms with Crippen LogP contribution in [0.25, 0.3) is 10.9 Å². The lowest BCUT2D eigenvalue weighted by Gasteiger charge is -2.07. The molecule has 0 atom stereocenters. The van der Waals surface area contributed by atoms with Crippen LogP contribution in [0.4, 0.5) is 0 Å². The van der Waals surface area contributed by atoms with Crippen LogP contribution in [-0.2, 0) is 13.5 Å². The van der Waals surface area contributed by atoms with Crippen molar-refractivity contribution in [2.24, 2.45) is 13.0 Å². The van der Waals surface area contributed by atoms with Crippen molar-refractivity contribution < 1.29 is 0 Å². The molecule has 1 aromatic heterocycles. The van der Waals surface area contributed by atoms with Gasteiger partial charge in [-0.1, -0.05) is 39.5 Å². The van der Waals surface area contributed by atoms with Gasteiger partial charge in [0.2, 0.25) is 0 Å². The van der Waals surface area contributed by atoms with Gasteiger partial charge in [0.15, 0.2) is 0 Å². The van der Waals surface area contributed by atoms with Crippen molar-refractivity contribution in [1.29, 1.82) is 0 Å². The van der Waals surface area contributed by atoms with Gasteiger partial charge >= 0.3 is 0 Å². The highest BCUT2D eigenvalue weighted by Crippen LogP contribution is 2.20. The third kappa shape index (κ3) is 2.20. The smallest absolute Gasteiger partial charge is 0.0711 e. The van der Waals surface area contributed by atoms with E-state index < -0.39 is 0 Å². The molecule has 82 valence electrons. The molecule has 0 amide bonds. The SMILES string of the molecule is C.CC(C)Cc1cccc2cnn(C)c12. The lowest BCUT2D eigenvalue weighted by Crippen LogP contribution is -1.98. The fraction of sp³-hybridized carbons (Fsp3) is 0.462. The first-order valence-electron chi connectivity index (χ1n) is 5.08. The zero-order chi connectivity index (χ0) is 10.1. The molecule has 1 aromatic carbocycles. The standard InChI is InChI=1S/C12H16N2.CH4/c1-9(2)7-10-5-4-6-11-8-13-14(3)12(10)11;/h4-6,8-9H,7H2,1-3H3;1H4. The molecule has 0 radical (unpaired) electrons. The van der Waals surface area contributed by atoms with Gasteiger partial charge in [-0.05, 0) is 17.9 Å². The van der Waals surface area contributed by atoms with Crippen LogP contribution in [0.2, 0.25) is 0 Å². The van der Waals surface area contributed by atoms with Crippen molar-refractivity contribution in [3.8, 4) is 0 Å². The Morgan fingerprint density at radius 2 is 2.07 bits per heavy atom. The maximum atomic E-state index is 4.28. The average molecular weight is 204 g/mol. The van der Waals surface area contributed by atoms with E-state index in [0.717, 1.165) is 6.42 Å². The van der Waals surface area contributed by atoms with Crippen LogP contribution in [0.15, 0.2) is 24.4 Å². The number of aromatic nitrogens is 2. The summed E-state index contributed by atoms with van der Waals surface area (Å²) < 4.78 is 1.97. The van der Waals surface area contributed by atoms with E-state index in [2.05, 4.69) is 37.1 Å². The number of para-hydroxylation sites is 1. The molecule has 0 aliphatic heterocycles. The van der Waals surface area contributed by atoms with Gasteiger partial charge in [-0.15, -0.1) is 0 Å². The summed E-state index contributed by atoms with van der Waals surface area (Å²) in [5, 5.41) is 5.52. The van der Waals surface area contributed by atoms with E-state index in [4.69, 9.17) is 0 Å². The molecule has 15 heavy (non-hydrogen) atoms. The van der Waals surface area contributed by atoms with Crippen molar-refractivity contribution in [2.45, 2.75) is 27.7 Å². The number of nitrogens with zero attached hydrogens (tertiary/aromatic N) is 2. The Bertz CT molecular complexity index is 441. The molecule has 0 fully saturated rings. The van der Waals surface area contributed by atoms with Crippen LogP contribution >= 0.6 is 0 Å². The molecule has 0 N–H and O–H groups in total. The summed E-state index contributed by atoms with van der Waals surface area (Å²) in [7, 11) is 2.01. The van der Waals surface area contributed by atoms with E-state index in [1.165, 1.54) is 16.5 Å². The van der Waals surface area contributed by atoms with Crippen molar-refractivity contribution in [3.05, 3.63) is 30.0 Å². The second-order valence-corrected chi connectivity index (χ2v) is 4.22. The maximum absolute atomic E-state index is 4.28. The Morgan fingerprint density at radius 3 is 2.73 bits per heavy atom. The van der Waals surface area contributed by atoms with E-state index in [-0.39, 0.29) is 7.43 Å². The van der Waals surface area contributed by atoms with Gasteiger partial charge in [-0.3, -0.25) is 4.68 Å². The van der Waals surface area contributed by atoms with Gasteiger partial charge in [0.1, 0.15) is 0 Å². The van der Waals surface area contributed by atoms with Crippen molar-refractivity contribution in [1.82, 2.24) is 9.78 Å². The summed E-state index contributed by atoms with van der Waals surface area (Å²) >= 11 is 0. The first-order chi connectivity index (χ1) is 6.68. The number of fused-ring (bicyclic) bond motifs is 1. The van der Waals surface area contributed by atoms with E-state index in [9.17, 15) is 0 Å².